The highest BCUT2D eigenvalue weighted by atomic mass is 31.1. The summed E-state index contributed by atoms with van der Waals surface area (Å²) in [5, 5.41) is 5.78. The highest BCUT2D eigenvalue weighted by Gasteiger charge is 2.50. The third-order valence-electron chi connectivity index (χ3n) is 9.37. The van der Waals surface area contributed by atoms with Gasteiger partial charge in [-0.2, -0.15) is 0 Å². The molecule has 0 aromatic heterocycles. The number of carbonyl (C=O) groups is 2. The van der Waals surface area contributed by atoms with Crippen LogP contribution in [0.4, 0.5) is 5.69 Å². The molecule has 46 heavy (non-hydrogen) atoms. The SMILES string of the molecule is CCC[C@@H]1C(C(C)C)[C@@H]1COC(=O)c1ccc(NC(=O)CCCC(CP(c2ccccc2)c2ccccc2)c2ccccc2)cc1. The second-order valence-electron chi connectivity index (χ2n) is 12.9. The molecule has 5 rings (SSSR count). The van der Waals surface area contributed by atoms with Crippen LogP contribution in [0, 0.1) is 23.7 Å². The molecular weight excluding hydrogens is 585 g/mol. The van der Waals surface area contributed by atoms with Crippen molar-refractivity contribution in [2.75, 3.05) is 18.1 Å². The summed E-state index contributed by atoms with van der Waals surface area (Å²) in [6.07, 6.45) is 5.57. The zero-order chi connectivity index (χ0) is 32.3. The van der Waals surface area contributed by atoms with Crippen LogP contribution in [-0.4, -0.2) is 24.6 Å². The fraction of sp³-hybridized carbons (Fsp3) is 0.366. The molecule has 4 atom stereocenters. The maximum Gasteiger partial charge on any atom is 0.338 e. The molecule has 4 aromatic rings. The Morgan fingerprint density at radius 3 is 1.93 bits per heavy atom. The van der Waals surface area contributed by atoms with Crippen LogP contribution in [-0.2, 0) is 9.53 Å². The molecule has 2 unspecified atom stereocenters. The number of rotatable bonds is 16. The Bertz CT molecular complexity index is 1470. The van der Waals surface area contributed by atoms with Crippen LogP contribution in [0.25, 0.3) is 0 Å². The van der Waals surface area contributed by atoms with Gasteiger partial charge in [0.1, 0.15) is 0 Å². The largest absolute Gasteiger partial charge is 0.462 e. The van der Waals surface area contributed by atoms with Crippen molar-refractivity contribution < 1.29 is 14.3 Å². The van der Waals surface area contributed by atoms with Gasteiger partial charge in [-0.15, -0.1) is 0 Å². The lowest BCUT2D eigenvalue weighted by atomic mass is 9.95. The Labute approximate surface area is 276 Å². The van der Waals surface area contributed by atoms with Gasteiger partial charge in [-0.05, 0) is 97.0 Å². The molecule has 240 valence electrons. The van der Waals surface area contributed by atoms with Gasteiger partial charge in [-0.3, -0.25) is 4.79 Å². The van der Waals surface area contributed by atoms with E-state index in [0.717, 1.165) is 19.0 Å². The lowest BCUT2D eigenvalue weighted by molar-refractivity contribution is -0.116. The van der Waals surface area contributed by atoms with Gasteiger partial charge in [-0.1, -0.05) is 125 Å². The topological polar surface area (TPSA) is 55.4 Å². The van der Waals surface area contributed by atoms with E-state index in [1.54, 1.807) is 24.3 Å². The van der Waals surface area contributed by atoms with Gasteiger partial charge in [0, 0.05) is 12.1 Å². The third kappa shape index (κ3) is 9.17. The maximum absolute atomic E-state index is 13.0. The molecule has 4 nitrogen and oxygen atoms in total. The first-order valence-corrected chi connectivity index (χ1v) is 18.5. The number of anilines is 1. The van der Waals surface area contributed by atoms with E-state index in [-0.39, 0.29) is 11.9 Å². The first-order valence-electron chi connectivity index (χ1n) is 16.9. The van der Waals surface area contributed by atoms with Gasteiger partial charge in [0.15, 0.2) is 0 Å². The molecule has 1 aliphatic carbocycles. The number of hydrogen-bond acceptors (Lipinski definition) is 3. The molecule has 0 bridgehead atoms. The van der Waals surface area contributed by atoms with Crippen molar-refractivity contribution in [1.29, 1.82) is 0 Å². The van der Waals surface area contributed by atoms with Gasteiger partial charge < -0.3 is 10.1 Å². The third-order valence-corrected chi connectivity index (χ3v) is 12.0. The van der Waals surface area contributed by atoms with E-state index in [9.17, 15) is 9.59 Å². The van der Waals surface area contributed by atoms with Crippen molar-refractivity contribution in [3.63, 3.8) is 0 Å². The Kier molecular flexibility index (Phi) is 12.2. The summed E-state index contributed by atoms with van der Waals surface area (Å²) >= 11 is 0. The standard InChI is InChI=1S/C41H48NO3P/c1-4-15-37-38(40(37)30(2)3)28-45-41(44)32-24-26-34(27-25-32)42-39(43)23-14-18-33(31-16-8-5-9-17-31)29-46(35-19-10-6-11-20-35)36-21-12-7-13-22-36/h5-13,16-17,19-22,24-27,30,33,37-38,40H,4,14-15,18,23,28-29H2,1-3H3,(H,42,43)/t33?,37-,38+,40?/m0/s1. The van der Waals surface area contributed by atoms with E-state index in [1.807, 2.05) is 0 Å². The van der Waals surface area contributed by atoms with Gasteiger partial charge in [0.05, 0.1) is 12.2 Å². The van der Waals surface area contributed by atoms with Gasteiger partial charge in [0.25, 0.3) is 0 Å². The van der Waals surface area contributed by atoms with Gasteiger partial charge >= 0.3 is 5.97 Å². The fourth-order valence-electron chi connectivity index (χ4n) is 7.00. The van der Waals surface area contributed by atoms with Crippen LogP contribution in [0.3, 0.4) is 0 Å². The quantitative estimate of drug-likeness (QED) is 0.0989. The molecule has 1 amide bonds. The summed E-state index contributed by atoms with van der Waals surface area (Å²) < 4.78 is 5.70. The van der Waals surface area contributed by atoms with Gasteiger partial charge in [-0.25, -0.2) is 4.79 Å². The molecule has 0 aliphatic heterocycles. The minimum absolute atomic E-state index is 0.00838. The van der Waals surface area contributed by atoms with Crippen molar-refractivity contribution in [1.82, 2.24) is 0 Å². The molecule has 1 N–H and O–H groups in total. The Morgan fingerprint density at radius 2 is 1.37 bits per heavy atom. The van der Waals surface area contributed by atoms with E-state index in [1.165, 1.54) is 29.0 Å². The van der Waals surface area contributed by atoms with Crippen LogP contribution in [0.15, 0.2) is 115 Å². The highest BCUT2D eigenvalue weighted by Crippen LogP contribution is 2.53. The van der Waals surface area contributed by atoms with E-state index in [2.05, 4.69) is 117 Å². The molecule has 1 saturated carbocycles. The average Bonchev–Trinajstić information content (AvgIpc) is 3.79. The Morgan fingerprint density at radius 1 is 0.783 bits per heavy atom. The minimum Gasteiger partial charge on any atom is -0.462 e. The zero-order valence-corrected chi connectivity index (χ0v) is 28.4. The molecule has 1 fully saturated rings. The molecule has 4 aromatic carbocycles. The molecule has 0 heterocycles. The second kappa shape index (κ2) is 16.7. The summed E-state index contributed by atoms with van der Waals surface area (Å²) in [5.41, 5.74) is 2.54. The average molecular weight is 634 g/mol. The predicted octanol–water partition coefficient (Wildman–Crippen LogP) is 9.19. The second-order valence-corrected chi connectivity index (χ2v) is 15.2. The monoisotopic (exact) mass is 633 g/mol. The van der Waals surface area contributed by atoms with E-state index in [4.69, 9.17) is 4.74 Å². The number of hydrogen-bond donors (Lipinski definition) is 1. The summed E-state index contributed by atoms with van der Waals surface area (Å²) in [4.78, 5) is 25.7. The number of benzene rings is 4. The summed E-state index contributed by atoms with van der Waals surface area (Å²) in [7, 11) is -0.545. The first-order chi connectivity index (χ1) is 22.4. The fourth-order valence-corrected chi connectivity index (χ4v) is 9.62. The molecule has 0 radical (unpaired) electrons. The zero-order valence-electron chi connectivity index (χ0n) is 27.5. The van der Waals surface area contributed by atoms with Crippen molar-refractivity contribution in [3.8, 4) is 0 Å². The molecule has 0 spiro atoms. The lowest BCUT2D eigenvalue weighted by Gasteiger charge is -2.25. The van der Waals surface area contributed by atoms with Gasteiger partial charge in [0.2, 0.25) is 5.91 Å². The normalized spacial score (nSPS) is 17.9. The maximum atomic E-state index is 13.0. The van der Waals surface area contributed by atoms with Crippen LogP contribution >= 0.6 is 7.92 Å². The molecular formula is C41H48NO3P. The summed E-state index contributed by atoms with van der Waals surface area (Å²) in [5.74, 6) is 2.47. The van der Waals surface area contributed by atoms with E-state index >= 15 is 0 Å². The van der Waals surface area contributed by atoms with Crippen LogP contribution in [0.5, 0.6) is 0 Å². The number of esters is 1. The van der Waals surface area contributed by atoms with Crippen molar-refractivity contribution in [2.45, 2.75) is 58.8 Å². The number of nitrogens with one attached hydrogen (secondary N) is 1. The smallest absolute Gasteiger partial charge is 0.338 e. The summed E-state index contributed by atoms with van der Waals surface area (Å²) in [6, 6.07) is 39.5. The molecule has 5 heteroatoms. The van der Waals surface area contributed by atoms with E-state index in [0.29, 0.717) is 53.9 Å². The first kappa shape index (κ1) is 33.6. The van der Waals surface area contributed by atoms with Crippen molar-refractivity contribution in [3.05, 3.63) is 126 Å². The highest BCUT2D eigenvalue weighted by molar-refractivity contribution is 7.73. The molecule has 1 aliphatic rings. The van der Waals surface area contributed by atoms with Crippen LogP contribution < -0.4 is 15.9 Å². The number of carbonyl (C=O) groups excluding carboxylic acids is 2. The van der Waals surface area contributed by atoms with Crippen molar-refractivity contribution in [2.24, 2.45) is 23.7 Å². The summed E-state index contributed by atoms with van der Waals surface area (Å²) in [6.45, 7) is 7.23. The predicted molar refractivity (Wildman–Crippen MR) is 193 cm³/mol. The van der Waals surface area contributed by atoms with Crippen LogP contribution in [0.1, 0.15) is 74.7 Å². The van der Waals surface area contributed by atoms with Crippen LogP contribution in [0.2, 0.25) is 0 Å². The molecule has 0 saturated heterocycles. The lowest BCUT2D eigenvalue weighted by Crippen LogP contribution is -2.18. The van der Waals surface area contributed by atoms with E-state index < -0.39 is 7.92 Å². The van der Waals surface area contributed by atoms with Crippen molar-refractivity contribution >= 4 is 36.1 Å². The minimum atomic E-state index is -0.545. The Balaban J connectivity index is 1.14. The Hall–Kier alpha value is -3.75. The number of ether oxygens (including phenoxy) is 1. The number of amides is 1.